The minimum Gasteiger partial charge on any atom is -0.496 e. The topological polar surface area (TPSA) is 134 Å². The van der Waals surface area contributed by atoms with E-state index < -0.39 is 40.0 Å². The number of thioether (sulfide) groups is 1. The number of halogens is 4. The Hall–Kier alpha value is -3.41. The van der Waals surface area contributed by atoms with Gasteiger partial charge in [-0.2, -0.15) is 13.1 Å². The van der Waals surface area contributed by atoms with Gasteiger partial charge >= 0.3 is 12.6 Å². The van der Waals surface area contributed by atoms with Crippen molar-refractivity contribution in [1.29, 1.82) is 0 Å². The van der Waals surface area contributed by atoms with Crippen LogP contribution in [0.15, 0.2) is 53.7 Å². The van der Waals surface area contributed by atoms with E-state index in [1.54, 1.807) is 4.90 Å². The SMILES string of the molecule is COc1ccc(S(=O)(=O)N2CCSC2C(=O)O[C@@H](Cc2c(Cl)cncc2Cl)c2ccc(OC(F)F)c(OCC3CC3)c2)cc1C(=O)N1CCOCC1. The highest BCUT2D eigenvalue weighted by atomic mass is 35.5. The first-order valence-electron chi connectivity index (χ1n) is 16.3. The molecule has 1 aliphatic carbocycles. The van der Waals surface area contributed by atoms with Crippen LogP contribution in [-0.4, -0.2) is 98.8 Å². The summed E-state index contributed by atoms with van der Waals surface area (Å²) in [5, 5.41) is -0.918. The molecule has 18 heteroatoms. The monoisotopic (exact) mass is 801 g/mol. The fourth-order valence-corrected chi connectivity index (χ4v) is 9.33. The van der Waals surface area contributed by atoms with E-state index in [1.807, 2.05) is 0 Å². The molecule has 0 spiro atoms. The van der Waals surface area contributed by atoms with E-state index in [9.17, 15) is 26.8 Å². The lowest BCUT2D eigenvalue weighted by Crippen LogP contribution is -2.41. The Balaban J connectivity index is 1.29. The number of morpholine rings is 1. The Bertz CT molecular complexity index is 1880. The van der Waals surface area contributed by atoms with Gasteiger partial charge in [-0.1, -0.05) is 29.3 Å². The molecule has 0 radical (unpaired) electrons. The van der Waals surface area contributed by atoms with E-state index in [4.69, 9.17) is 42.1 Å². The first-order valence-corrected chi connectivity index (χ1v) is 19.6. The summed E-state index contributed by atoms with van der Waals surface area (Å²) in [6.45, 7) is -1.47. The normalized spacial score (nSPS) is 18.7. The molecular formula is C34H35Cl2F2N3O9S2. The lowest BCUT2D eigenvalue weighted by Gasteiger charge is -2.28. The number of amides is 1. The predicted octanol–water partition coefficient (Wildman–Crippen LogP) is 5.85. The lowest BCUT2D eigenvalue weighted by atomic mass is 10.0. The summed E-state index contributed by atoms with van der Waals surface area (Å²) in [5.41, 5.74) is 0.786. The van der Waals surface area contributed by atoms with E-state index in [2.05, 4.69) is 9.72 Å². The van der Waals surface area contributed by atoms with Gasteiger partial charge in [0.15, 0.2) is 16.9 Å². The Morgan fingerprint density at radius 3 is 2.40 bits per heavy atom. The van der Waals surface area contributed by atoms with E-state index in [-0.39, 0.29) is 69.0 Å². The summed E-state index contributed by atoms with van der Waals surface area (Å²) < 4.78 is 83.1. The van der Waals surface area contributed by atoms with Gasteiger partial charge in [0.2, 0.25) is 10.0 Å². The van der Waals surface area contributed by atoms with Gasteiger partial charge in [0.1, 0.15) is 11.9 Å². The Labute approximate surface area is 313 Å². The Kier molecular flexibility index (Phi) is 12.3. The molecule has 3 aliphatic rings. The maximum absolute atomic E-state index is 14.1. The number of pyridine rings is 1. The van der Waals surface area contributed by atoms with Crippen molar-refractivity contribution in [1.82, 2.24) is 14.2 Å². The zero-order valence-corrected chi connectivity index (χ0v) is 31.0. The van der Waals surface area contributed by atoms with Crippen LogP contribution in [0, 0.1) is 5.92 Å². The van der Waals surface area contributed by atoms with Gasteiger partial charge in [-0.15, -0.1) is 11.8 Å². The number of hydrogen-bond donors (Lipinski definition) is 0. The predicted molar refractivity (Wildman–Crippen MR) is 188 cm³/mol. The highest BCUT2D eigenvalue weighted by Gasteiger charge is 2.43. The first kappa shape index (κ1) is 38.3. The largest absolute Gasteiger partial charge is 0.496 e. The van der Waals surface area contributed by atoms with E-state index >= 15 is 0 Å². The third kappa shape index (κ3) is 8.85. The molecule has 1 amide bonds. The molecule has 2 atom stereocenters. The van der Waals surface area contributed by atoms with Gasteiger partial charge < -0.3 is 28.6 Å². The highest BCUT2D eigenvalue weighted by molar-refractivity contribution is 8.02. The molecule has 1 aromatic heterocycles. The zero-order valence-electron chi connectivity index (χ0n) is 27.8. The number of carbonyl (C=O) groups is 2. The standard InChI is InChI=1S/C34H35Cl2F2N3O9S2/c1-46-27-7-5-22(15-24(27)31(42)40-8-11-47-12-9-40)52(44,45)41-10-13-51-32(41)33(43)49-29(16-23-25(35)17-39-18-26(23)36)21-4-6-28(50-34(37)38)30(14-21)48-19-20-2-3-20/h4-7,14-15,17-18,20,29,32,34H,2-3,8-13,16,19H2,1H3/t29-,32?/m0/s1. The number of carbonyl (C=O) groups excluding carboxylic acids is 2. The highest BCUT2D eigenvalue weighted by Crippen LogP contribution is 2.40. The molecule has 280 valence electrons. The molecule has 2 aliphatic heterocycles. The number of esters is 1. The first-order chi connectivity index (χ1) is 25.0. The number of hydrogen-bond acceptors (Lipinski definition) is 11. The molecule has 52 heavy (non-hydrogen) atoms. The summed E-state index contributed by atoms with van der Waals surface area (Å²) in [6.07, 6.45) is 3.45. The minimum absolute atomic E-state index is 0.0168. The van der Waals surface area contributed by atoms with Gasteiger partial charge in [0, 0.05) is 44.2 Å². The van der Waals surface area contributed by atoms with Crippen LogP contribution in [-0.2, 0) is 30.7 Å². The van der Waals surface area contributed by atoms with E-state index in [0.29, 0.717) is 37.4 Å². The van der Waals surface area contributed by atoms with Crippen LogP contribution in [0.25, 0.3) is 0 Å². The van der Waals surface area contributed by atoms with E-state index in [0.717, 1.165) is 28.9 Å². The zero-order chi connectivity index (χ0) is 37.0. The number of sulfonamides is 1. The van der Waals surface area contributed by atoms with Gasteiger partial charge in [0.25, 0.3) is 5.91 Å². The maximum Gasteiger partial charge on any atom is 0.387 e. The van der Waals surface area contributed by atoms with Crippen LogP contribution >= 0.6 is 35.0 Å². The number of methoxy groups -OCH3 is 1. The average molecular weight is 803 g/mol. The summed E-state index contributed by atoms with van der Waals surface area (Å²) in [4.78, 5) is 32.7. The molecule has 12 nitrogen and oxygen atoms in total. The molecule has 2 aromatic carbocycles. The Morgan fingerprint density at radius 2 is 1.73 bits per heavy atom. The van der Waals surface area contributed by atoms with Crippen LogP contribution in [0.2, 0.25) is 10.0 Å². The molecule has 2 saturated heterocycles. The van der Waals surface area contributed by atoms with Gasteiger partial charge in [-0.05, 0) is 60.2 Å². The summed E-state index contributed by atoms with van der Waals surface area (Å²) in [5.74, 6) is -0.700. The number of rotatable bonds is 14. The molecule has 1 saturated carbocycles. The van der Waals surface area contributed by atoms with Crippen molar-refractivity contribution in [3.05, 3.63) is 75.5 Å². The van der Waals surface area contributed by atoms with Crippen molar-refractivity contribution < 1.29 is 50.5 Å². The molecule has 3 fully saturated rings. The minimum atomic E-state index is -4.35. The molecule has 0 N–H and O–H groups in total. The van der Waals surface area contributed by atoms with Crippen molar-refractivity contribution in [2.45, 2.75) is 42.2 Å². The van der Waals surface area contributed by atoms with Crippen LogP contribution in [0.3, 0.4) is 0 Å². The van der Waals surface area contributed by atoms with Gasteiger partial charge in [-0.25, -0.2) is 13.2 Å². The Morgan fingerprint density at radius 1 is 1.02 bits per heavy atom. The number of benzene rings is 2. The van der Waals surface area contributed by atoms with E-state index in [1.165, 1.54) is 55.9 Å². The molecular weight excluding hydrogens is 767 g/mol. The van der Waals surface area contributed by atoms with Crippen molar-refractivity contribution in [2.24, 2.45) is 5.92 Å². The molecule has 3 aromatic rings. The third-order valence-corrected chi connectivity index (χ3v) is 12.5. The summed E-state index contributed by atoms with van der Waals surface area (Å²) in [6, 6.07) is 8.16. The maximum atomic E-state index is 14.1. The van der Waals surface area contributed by atoms with Gasteiger partial charge in [-0.3, -0.25) is 9.78 Å². The van der Waals surface area contributed by atoms with Gasteiger partial charge in [0.05, 0.1) is 47.4 Å². The molecule has 1 unspecified atom stereocenters. The fraction of sp³-hybridized carbons (Fsp3) is 0.441. The van der Waals surface area contributed by atoms with Crippen LogP contribution in [0.1, 0.15) is 40.4 Å². The summed E-state index contributed by atoms with van der Waals surface area (Å²) >= 11 is 13.9. The number of ether oxygens (including phenoxy) is 5. The van der Waals surface area contributed by atoms with Crippen LogP contribution in [0.4, 0.5) is 8.78 Å². The molecule has 0 bridgehead atoms. The van der Waals surface area contributed by atoms with Crippen molar-refractivity contribution in [3.63, 3.8) is 0 Å². The number of alkyl halides is 2. The third-order valence-electron chi connectivity index (χ3n) is 8.68. The van der Waals surface area contributed by atoms with Crippen LogP contribution in [0.5, 0.6) is 17.2 Å². The van der Waals surface area contributed by atoms with Crippen molar-refractivity contribution in [2.75, 3.05) is 52.3 Å². The smallest absolute Gasteiger partial charge is 0.387 e. The summed E-state index contributed by atoms with van der Waals surface area (Å²) in [7, 11) is -2.97. The quantitative estimate of drug-likeness (QED) is 0.182. The number of nitrogens with zero attached hydrogens (tertiary/aromatic N) is 3. The van der Waals surface area contributed by atoms with Crippen molar-refractivity contribution in [3.8, 4) is 17.2 Å². The second-order valence-electron chi connectivity index (χ2n) is 12.2. The average Bonchev–Trinajstić information content (AvgIpc) is 3.83. The van der Waals surface area contributed by atoms with Crippen molar-refractivity contribution >= 4 is 56.9 Å². The lowest BCUT2D eigenvalue weighted by molar-refractivity contribution is -0.150. The fourth-order valence-electron chi connectivity index (χ4n) is 5.74. The second kappa shape index (κ2) is 16.7. The molecule has 3 heterocycles. The molecule has 6 rings (SSSR count). The second-order valence-corrected chi connectivity index (χ2v) is 16.0. The number of aromatic nitrogens is 1. The van der Waals surface area contributed by atoms with Crippen LogP contribution < -0.4 is 14.2 Å².